The molecule has 0 aliphatic heterocycles. The summed E-state index contributed by atoms with van der Waals surface area (Å²) >= 11 is 7.64. The van der Waals surface area contributed by atoms with Crippen LogP contribution in [0, 0.1) is 6.92 Å². The van der Waals surface area contributed by atoms with Gasteiger partial charge in [-0.05, 0) is 42.1 Å². The van der Waals surface area contributed by atoms with Gasteiger partial charge in [0.1, 0.15) is 0 Å². The van der Waals surface area contributed by atoms with E-state index < -0.39 is 5.97 Å². The van der Waals surface area contributed by atoms with Crippen LogP contribution in [0.3, 0.4) is 0 Å². The topological polar surface area (TPSA) is 37.3 Å². The van der Waals surface area contributed by atoms with Crippen LogP contribution in [0.15, 0.2) is 29.6 Å². The summed E-state index contributed by atoms with van der Waals surface area (Å²) in [6.07, 6.45) is 0. The third-order valence-corrected chi connectivity index (χ3v) is 3.70. The second-order valence-electron chi connectivity index (χ2n) is 3.43. The van der Waals surface area contributed by atoms with E-state index in [0.717, 1.165) is 16.0 Å². The Hall–Kier alpha value is -1.32. The molecule has 0 unspecified atom stereocenters. The third-order valence-electron chi connectivity index (χ3n) is 2.32. The van der Waals surface area contributed by atoms with Crippen LogP contribution in [0.5, 0.6) is 0 Å². The summed E-state index contributed by atoms with van der Waals surface area (Å²) in [5, 5.41) is 11.5. The van der Waals surface area contributed by atoms with Crippen molar-refractivity contribution in [3.63, 3.8) is 0 Å². The zero-order valence-corrected chi connectivity index (χ0v) is 10.1. The van der Waals surface area contributed by atoms with Crippen LogP contribution in [-0.2, 0) is 0 Å². The van der Waals surface area contributed by atoms with Gasteiger partial charge in [0.25, 0.3) is 0 Å². The first-order chi connectivity index (χ1) is 7.59. The van der Waals surface area contributed by atoms with Gasteiger partial charge in [-0.1, -0.05) is 11.6 Å². The Balaban J connectivity index is 2.60. The van der Waals surface area contributed by atoms with Crippen molar-refractivity contribution in [2.75, 3.05) is 0 Å². The van der Waals surface area contributed by atoms with E-state index in [9.17, 15) is 4.79 Å². The first-order valence-corrected chi connectivity index (χ1v) is 5.92. The zero-order chi connectivity index (χ0) is 11.7. The minimum Gasteiger partial charge on any atom is -0.478 e. The van der Waals surface area contributed by atoms with Crippen LogP contribution in [0.25, 0.3) is 10.4 Å². The van der Waals surface area contributed by atoms with Crippen LogP contribution in [0.4, 0.5) is 0 Å². The molecule has 1 aromatic carbocycles. The number of carbonyl (C=O) groups is 1. The Morgan fingerprint density at radius 2 is 2.12 bits per heavy atom. The maximum atomic E-state index is 10.9. The molecule has 0 saturated carbocycles. The van der Waals surface area contributed by atoms with Gasteiger partial charge in [0, 0.05) is 15.5 Å². The number of benzene rings is 1. The Bertz CT molecular complexity index is 546. The van der Waals surface area contributed by atoms with E-state index in [1.54, 1.807) is 23.5 Å². The molecular formula is C12H9ClO2S. The first-order valence-electron chi connectivity index (χ1n) is 4.67. The molecule has 0 aliphatic rings. The maximum Gasteiger partial charge on any atom is 0.335 e. The summed E-state index contributed by atoms with van der Waals surface area (Å²) in [7, 11) is 0. The average molecular weight is 253 g/mol. The smallest absolute Gasteiger partial charge is 0.335 e. The SMILES string of the molecule is Cc1ccsc1-c1cc(C(=O)O)ccc1Cl. The van der Waals surface area contributed by atoms with Crippen molar-refractivity contribution in [2.45, 2.75) is 6.92 Å². The van der Waals surface area contributed by atoms with Crippen LogP contribution >= 0.6 is 22.9 Å². The molecule has 4 heteroatoms. The quantitative estimate of drug-likeness (QED) is 0.875. The molecule has 16 heavy (non-hydrogen) atoms. The number of halogens is 1. The fraction of sp³-hybridized carbons (Fsp3) is 0.0833. The second kappa shape index (κ2) is 4.28. The highest BCUT2D eigenvalue weighted by Gasteiger charge is 2.11. The van der Waals surface area contributed by atoms with E-state index in [4.69, 9.17) is 16.7 Å². The van der Waals surface area contributed by atoms with E-state index in [-0.39, 0.29) is 5.56 Å². The highest BCUT2D eigenvalue weighted by atomic mass is 35.5. The van der Waals surface area contributed by atoms with Gasteiger partial charge in [-0.15, -0.1) is 11.3 Å². The highest BCUT2D eigenvalue weighted by molar-refractivity contribution is 7.13. The van der Waals surface area contributed by atoms with Crippen molar-refractivity contribution < 1.29 is 9.90 Å². The van der Waals surface area contributed by atoms with Crippen molar-refractivity contribution in [1.29, 1.82) is 0 Å². The fourth-order valence-electron chi connectivity index (χ4n) is 1.48. The molecule has 0 saturated heterocycles. The lowest BCUT2D eigenvalue weighted by molar-refractivity contribution is 0.0697. The largest absolute Gasteiger partial charge is 0.478 e. The fourth-order valence-corrected chi connectivity index (χ4v) is 2.71. The number of aromatic carboxylic acids is 1. The van der Waals surface area contributed by atoms with E-state index in [1.165, 1.54) is 6.07 Å². The molecule has 0 bridgehead atoms. The lowest BCUT2D eigenvalue weighted by Crippen LogP contribution is -1.96. The van der Waals surface area contributed by atoms with Gasteiger partial charge < -0.3 is 5.11 Å². The number of carboxylic acid groups (broad SMARTS) is 1. The van der Waals surface area contributed by atoms with Gasteiger partial charge in [-0.3, -0.25) is 0 Å². The van der Waals surface area contributed by atoms with Gasteiger partial charge >= 0.3 is 5.97 Å². The Morgan fingerprint density at radius 3 is 2.69 bits per heavy atom. The summed E-state index contributed by atoms with van der Waals surface area (Å²) in [6, 6.07) is 6.74. The normalized spacial score (nSPS) is 10.4. The molecule has 2 nitrogen and oxygen atoms in total. The van der Waals surface area contributed by atoms with Gasteiger partial charge in [-0.25, -0.2) is 4.79 Å². The lowest BCUT2D eigenvalue weighted by Gasteiger charge is -2.04. The van der Waals surface area contributed by atoms with Crippen molar-refractivity contribution in [2.24, 2.45) is 0 Å². The van der Waals surface area contributed by atoms with Crippen LogP contribution in [0.2, 0.25) is 5.02 Å². The third kappa shape index (κ3) is 1.96. The Kier molecular flexibility index (Phi) is 2.99. The standard InChI is InChI=1S/C12H9ClO2S/c1-7-4-5-16-11(7)9-6-8(12(14)15)2-3-10(9)13/h2-6H,1H3,(H,14,15). The molecule has 1 N–H and O–H groups in total. The predicted molar refractivity (Wildman–Crippen MR) is 66.5 cm³/mol. The number of hydrogen-bond acceptors (Lipinski definition) is 2. The summed E-state index contributed by atoms with van der Waals surface area (Å²) in [6.45, 7) is 1.98. The minimum atomic E-state index is -0.938. The average Bonchev–Trinajstić information content (AvgIpc) is 2.65. The van der Waals surface area contributed by atoms with Crippen molar-refractivity contribution in [3.8, 4) is 10.4 Å². The molecule has 1 aromatic heterocycles. The van der Waals surface area contributed by atoms with E-state index in [2.05, 4.69) is 0 Å². The number of hydrogen-bond donors (Lipinski definition) is 1. The predicted octanol–water partition coefficient (Wildman–Crippen LogP) is 4.08. The van der Waals surface area contributed by atoms with E-state index in [1.807, 2.05) is 18.4 Å². The molecular weight excluding hydrogens is 244 g/mol. The Labute approximate surface area is 102 Å². The van der Waals surface area contributed by atoms with Gasteiger partial charge in [0.15, 0.2) is 0 Å². The molecule has 0 aliphatic carbocycles. The number of thiophene rings is 1. The molecule has 1 heterocycles. The van der Waals surface area contributed by atoms with E-state index >= 15 is 0 Å². The molecule has 82 valence electrons. The van der Waals surface area contributed by atoms with E-state index in [0.29, 0.717) is 5.02 Å². The highest BCUT2D eigenvalue weighted by Crippen LogP contribution is 2.34. The number of carboxylic acids is 1. The van der Waals surface area contributed by atoms with Gasteiger partial charge in [-0.2, -0.15) is 0 Å². The molecule has 0 radical (unpaired) electrons. The molecule has 0 fully saturated rings. The monoisotopic (exact) mass is 252 g/mol. The van der Waals surface area contributed by atoms with Crippen molar-refractivity contribution in [1.82, 2.24) is 0 Å². The minimum absolute atomic E-state index is 0.257. The summed E-state index contributed by atoms with van der Waals surface area (Å²) in [5.41, 5.74) is 2.15. The molecule has 2 aromatic rings. The maximum absolute atomic E-state index is 10.9. The number of aryl methyl sites for hydroxylation is 1. The molecule has 0 amide bonds. The van der Waals surface area contributed by atoms with Crippen molar-refractivity contribution in [3.05, 3.63) is 45.8 Å². The van der Waals surface area contributed by atoms with Gasteiger partial charge in [0.2, 0.25) is 0 Å². The molecule has 2 rings (SSSR count). The van der Waals surface area contributed by atoms with Crippen molar-refractivity contribution >= 4 is 28.9 Å². The number of rotatable bonds is 2. The summed E-state index contributed by atoms with van der Waals surface area (Å²) in [5.74, 6) is -0.938. The second-order valence-corrected chi connectivity index (χ2v) is 4.76. The van der Waals surface area contributed by atoms with Crippen LogP contribution < -0.4 is 0 Å². The van der Waals surface area contributed by atoms with Gasteiger partial charge in [0.05, 0.1) is 5.56 Å². The summed E-state index contributed by atoms with van der Waals surface area (Å²) < 4.78 is 0. The Morgan fingerprint density at radius 1 is 1.38 bits per heavy atom. The van der Waals surface area contributed by atoms with Crippen LogP contribution in [-0.4, -0.2) is 11.1 Å². The molecule has 0 spiro atoms. The van der Waals surface area contributed by atoms with Crippen LogP contribution in [0.1, 0.15) is 15.9 Å². The molecule has 0 atom stereocenters. The summed E-state index contributed by atoms with van der Waals surface area (Å²) in [4.78, 5) is 11.9. The first kappa shape index (κ1) is 11.2. The lowest BCUT2D eigenvalue weighted by atomic mass is 10.1. The zero-order valence-electron chi connectivity index (χ0n) is 8.53.